The summed E-state index contributed by atoms with van der Waals surface area (Å²) in [6.45, 7) is -3.43. The molecule has 0 saturated carbocycles. The number of benzene rings is 2. The monoisotopic (exact) mass is 562 g/mol. The number of pyridine rings is 1. The smallest absolute Gasteiger partial charge is 0.387 e. The number of hydrogen-bond acceptors (Lipinski definition) is 7. The second-order valence-corrected chi connectivity index (χ2v) is 8.09. The summed E-state index contributed by atoms with van der Waals surface area (Å²) in [6, 6.07) is 10.8. The van der Waals surface area contributed by atoms with Crippen molar-refractivity contribution in [3.05, 3.63) is 82.1 Å². The van der Waals surface area contributed by atoms with E-state index in [1.807, 2.05) is 0 Å². The molecule has 0 fully saturated rings. The van der Waals surface area contributed by atoms with Gasteiger partial charge in [-0.05, 0) is 30.3 Å². The van der Waals surface area contributed by atoms with Gasteiger partial charge < -0.3 is 24.6 Å². The number of hydrogen-bond donors (Lipinski definition) is 2. The van der Waals surface area contributed by atoms with Gasteiger partial charge in [0, 0.05) is 30.8 Å². The third kappa shape index (κ3) is 5.76. The molecule has 0 radical (unpaired) electrons. The van der Waals surface area contributed by atoms with Gasteiger partial charge in [-0.3, -0.25) is 14.3 Å². The van der Waals surface area contributed by atoms with Crippen LogP contribution in [0.2, 0.25) is 0 Å². The summed E-state index contributed by atoms with van der Waals surface area (Å²) < 4.78 is 71.9. The highest BCUT2D eigenvalue weighted by atomic mass is 19.3. The number of methoxy groups -OCH3 is 1. The first-order valence-corrected chi connectivity index (χ1v) is 11.6. The molecule has 0 unspecified atom stereocenters. The average molecular weight is 562 g/mol. The number of alkyl halides is 2. The maximum atomic E-state index is 15.2. The van der Waals surface area contributed by atoms with Crippen LogP contribution in [-0.2, 0) is 7.05 Å². The zero-order chi connectivity index (χ0) is 29.0. The Morgan fingerprint density at radius 3 is 2.35 bits per heavy atom. The number of nitrogens with one attached hydrogen (secondary N) is 1. The number of aromatic nitrogens is 3. The van der Waals surface area contributed by atoms with Gasteiger partial charge in [-0.1, -0.05) is 6.07 Å². The van der Waals surface area contributed by atoms with E-state index in [0.29, 0.717) is 0 Å². The summed E-state index contributed by atoms with van der Waals surface area (Å²) in [6.07, 6.45) is 0. The molecule has 4 aromatic rings. The lowest BCUT2D eigenvalue weighted by Gasteiger charge is -2.13. The van der Waals surface area contributed by atoms with Crippen molar-refractivity contribution in [2.24, 2.45) is 7.05 Å². The van der Waals surface area contributed by atoms with Crippen LogP contribution in [0.4, 0.5) is 23.2 Å². The van der Waals surface area contributed by atoms with Gasteiger partial charge in [0.05, 0.1) is 19.3 Å². The van der Waals surface area contributed by atoms with Crippen LogP contribution in [0, 0.1) is 11.6 Å². The SMILES string of the molecule is COc1cc(F)c(-c2c(NC(=O)c3ccc(OC(F)F)cc3)c(=O)n(-c3cccc(OCCO)n3)n2C)c(F)c1. The minimum atomic E-state index is -3.07. The van der Waals surface area contributed by atoms with E-state index in [1.54, 1.807) is 0 Å². The maximum absolute atomic E-state index is 15.2. The molecule has 2 N–H and O–H groups in total. The quantitative estimate of drug-likeness (QED) is 0.283. The van der Waals surface area contributed by atoms with Gasteiger partial charge in [0.2, 0.25) is 5.88 Å². The van der Waals surface area contributed by atoms with E-state index in [-0.39, 0.29) is 47.7 Å². The molecular weight excluding hydrogens is 540 g/mol. The first kappa shape index (κ1) is 28.2. The lowest BCUT2D eigenvalue weighted by atomic mass is 10.1. The molecule has 0 aliphatic carbocycles. The largest absolute Gasteiger partial charge is 0.497 e. The number of ether oxygens (including phenoxy) is 3. The molecule has 0 atom stereocenters. The van der Waals surface area contributed by atoms with Crippen molar-refractivity contribution in [3.8, 4) is 34.5 Å². The molecule has 10 nitrogen and oxygen atoms in total. The molecule has 1 amide bonds. The van der Waals surface area contributed by atoms with Crippen molar-refractivity contribution >= 4 is 11.6 Å². The molecule has 2 heterocycles. The predicted molar refractivity (Wildman–Crippen MR) is 134 cm³/mol. The van der Waals surface area contributed by atoms with Gasteiger partial charge in [-0.15, -0.1) is 0 Å². The molecule has 2 aromatic carbocycles. The number of anilines is 1. The fraction of sp³-hybridized carbons (Fsp3) is 0.192. The Bertz CT molecular complexity index is 1560. The van der Waals surface area contributed by atoms with Crippen molar-refractivity contribution in [1.82, 2.24) is 14.3 Å². The van der Waals surface area contributed by atoms with Gasteiger partial charge in [0.1, 0.15) is 41.1 Å². The van der Waals surface area contributed by atoms with Gasteiger partial charge in [0.25, 0.3) is 11.5 Å². The third-order valence-corrected chi connectivity index (χ3v) is 5.60. The van der Waals surface area contributed by atoms with Crippen molar-refractivity contribution in [1.29, 1.82) is 0 Å². The van der Waals surface area contributed by atoms with Crippen molar-refractivity contribution in [2.75, 3.05) is 25.6 Å². The summed E-state index contributed by atoms with van der Waals surface area (Å²) in [5.41, 5.74) is -2.42. The van der Waals surface area contributed by atoms with Gasteiger partial charge >= 0.3 is 6.61 Å². The lowest BCUT2D eigenvalue weighted by molar-refractivity contribution is -0.0498. The normalized spacial score (nSPS) is 11.0. The Hall–Kier alpha value is -4.85. The third-order valence-electron chi connectivity index (χ3n) is 5.60. The summed E-state index contributed by atoms with van der Waals surface area (Å²) in [5.74, 6) is -3.32. The Morgan fingerprint density at radius 2 is 1.75 bits per heavy atom. The van der Waals surface area contributed by atoms with Crippen LogP contribution in [0.15, 0.2) is 59.4 Å². The van der Waals surface area contributed by atoms with Crippen LogP contribution in [0.5, 0.6) is 17.4 Å². The van der Waals surface area contributed by atoms with E-state index in [1.165, 1.54) is 44.5 Å². The highest BCUT2D eigenvalue weighted by Gasteiger charge is 2.28. The van der Waals surface area contributed by atoms with Crippen LogP contribution in [0.25, 0.3) is 17.1 Å². The number of carbonyl (C=O) groups excluding carboxylic acids is 1. The molecular formula is C26H22F4N4O6. The van der Waals surface area contributed by atoms with E-state index in [0.717, 1.165) is 33.6 Å². The molecule has 4 rings (SSSR count). The van der Waals surface area contributed by atoms with Crippen molar-refractivity contribution in [3.63, 3.8) is 0 Å². The number of aliphatic hydroxyl groups is 1. The van der Waals surface area contributed by atoms with Gasteiger partial charge in [0.15, 0.2) is 5.82 Å². The van der Waals surface area contributed by atoms with Crippen molar-refractivity contribution in [2.45, 2.75) is 6.61 Å². The molecule has 0 saturated heterocycles. The second-order valence-electron chi connectivity index (χ2n) is 8.09. The Kier molecular flexibility index (Phi) is 8.38. The first-order valence-electron chi connectivity index (χ1n) is 11.6. The van der Waals surface area contributed by atoms with E-state index < -0.39 is 41.0 Å². The number of amides is 1. The van der Waals surface area contributed by atoms with Crippen LogP contribution >= 0.6 is 0 Å². The Morgan fingerprint density at radius 1 is 1.07 bits per heavy atom. The number of carbonyl (C=O) groups is 1. The second kappa shape index (κ2) is 11.9. The summed E-state index contributed by atoms with van der Waals surface area (Å²) in [7, 11) is 2.55. The maximum Gasteiger partial charge on any atom is 0.387 e. The van der Waals surface area contributed by atoms with Crippen LogP contribution in [-0.4, -0.2) is 52.3 Å². The summed E-state index contributed by atoms with van der Waals surface area (Å²) in [5, 5.41) is 11.4. The molecule has 210 valence electrons. The molecule has 2 aromatic heterocycles. The fourth-order valence-electron chi connectivity index (χ4n) is 3.88. The number of halogens is 4. The van der Waals surface area contributed by atoms with E-state index >= 15 is 8.78 Å². The predicted octanol–water partition coefficient (Wildman–Crippen LogP) is 3.75. The molecule has 0 spiro atoms. The summed E-state index contributed by atoms with van der Waals surface area (Å²) >= 11 is 0. The van der Waals surface area contributed by atoms with Crippen LogP contribution in [0.1, 0.15) is 10.4 Å². The minimum Gasteiger partial charge on any atom is -0.497 e. The highest BCUT2D eigenvalue weighted by molar-refractivity contribution is 6.06. The fourth-order valence-corrected chi connectivity index (χ4v) is 3.88. The molecule has 0 bridgehead atoms. The van der Waals surface area contributed by atoms with Crippen molar-refractivity contribution < 1.29 is 41.7 Å². The standard InChI is InChI=1S/C26H22F4N4O6/c1-33-23(21-17(27)12-16(38-2)13-18(21)28)22(32-24(36)14-6-8-15(9-7-14)40-26(29)30)25(37)34(33)19-4-3-5-20(31-19)39-11-10-35/h3-9,12-13,26,35H,10-11H2,1-2H3,(H,32,36). The first-order chi connectivity index (χ1) is 19.1. The minimum absolute atomic E-state index is 0.0208. The topological polar surface area (TPSA) is 117 Å². The van der Waals surface area contributed by atoms with Gasteiger partial charge in [-0.2, -0.15) is 18.4 Å². The Labute approximate surface area is 223 Å². The van der Waals surface area contributed by atoms with E-state index in [2.05, 4.69) is 15.0 Å². The number of rotatable bonds is 10. The van der Waals surface area contributed by atoms with E-state index in [4.69, 9.17) is 14.6 Å². The molecule has 40 heavy (non-hydrogen) atoms. The Balaban J connectivity index is 1.86. The number of nitrogens with zero attached hydrogens (tertiary/aromatic N) is 3. The molecule has 0 aliphatic heterocycles. The zero-order valence-corrected chi connectivity index (χ0v) is 21.0. The lowest BCUT2D eigenvalue weighted by Crippen LogP contribution is -2.23. The van der Waals surface area contributed by atoms with Crippen LogP contribution in [0.3, 0.4) is 0 Å². The number of aliphatic hydroxyl groups excluding tert-OH is 1. The zero-order valence-electron chi connectivity index (χ0n) is 21.0. The van der Waals surface area contributed by atoms with Gasteiger partial charge in [-0.25, -0.2) is 8.78 Å². The summed E-state index contributed by atoms with van der Waals surface area (Å²) in [4.78, 5) is 30.9. The molecule has 14 heteroatoms. The molecule has 0 aliphatic rings. The average Bonchev–Trinajstić information content (AvgIpc) is 3.15. The van der Waals surface area contributed by atoms with Crippen LogP contribution < -0.4 is 25.1 Å². The highest BCUT2D eigenvalue weighted by Crippen LogP contribution is 2.34. The van der Waals surface area contributed by atoms with E-state index in [9.17, 15) is 18.4 Å².